The molecule has 132 valence electrons. The first-order valence-electron chi connectivity index (χ1n) is 8.75. The Morgan fingerprint density at radius 1 is 1.16 bits per heavy atom. The van der Waals surface area contributed by atoms with Crippen molar-refractivity contribution in [2.75, 3.05) is 39.8 Å². The number of piperazine rings is 1. The van der Waals surface area contributed by atoms with Crippen molar-refractivity contribution in [3.05, 3.63) is 40.2 Å². The summed E-state index contributed by atoms with van der Waals surface area (Å²) in [4.78, 5) is 17.7. The van der Waals surface area contributed by atoms with Gasteiger partial charge in [0.2, 0.25) is 0 Å². The van der Waals surface area contributed by atoms with Crippen LogP contribution in [0.25, 0.3) is 10.9 Å². The summed E-state index contributed by atoms with van der Waals surface area (Å²) >= 11 is 0. The van der Waals surface area contributed by atoms with E-state index < -0.39 is 0 Å². The van der Waals surface area contributed by atoms with Gasteiger partial charge in [0.1, 0.15) is 5.75 Å². The standard InChI is InChI=1S/C20H25N3O2/c1-4-8-23-19-14-18(25-3)7-6-16(19)13-17(20(23)24)15-22-11-9-21(5-2)10-12-22/h1,6-7,13-14H,5,8-12,15H2,2-3H3. The molecule has 0 unspecified atom stereocenters. The fourth-order valence-corrected chi connectivity index (χ4v) is 3.40. The predicted molar refractivity (Wildman–Crippen MR) is 101 cm³/mol. The first-order valence-corrected chi connectivity index (χ1v) is 8.75. The molecule has 0 atom stereocenters. The van der Waals surface area contributed by atoms with Gasteiger partial charge >= 0.3 is 0 Å². The number of hydrogen-bond donors (Lipinski definition) is 0. The molecule has 1 aromatic carbocycles. The summed E-state index contributed by atoms with van der Waals surface area (Å²) in [6, 6.07) is 7.77. The lowest BCUT2D eigenvalue weighted by molar-refractivity contribution is 0.131. The van der Waals surface area contributed by atoms with Gasteiger partial charge in [-0.15, -0.1) is 6.42 Å². The van der Waals surface area contributed by atoms with Crippen LogP contribution >= 0.6 is 0 Å². The Bertz CT molecular complexity index is 842. The molecule has 0 N–H and O–H groups in total. The fraction of sp³-hybridized carbons (Fsp3) is 0.450. The molecular formula is C20H25N3O2. The second-order valence-corrected chi connectivity index (χ2v) is 6.40. The largest absolute Gasteiger partial charge is 0.497 e. The van der Waals surface area contributed by atoms with E-state index in [0.717, 1.165) is 54.9 Å². The maximum absolute atomic E-state index is 13.0. The molecule has 1 saturated heterocycles. The van der Waals surface area contributed by atoms with Crippen molar-refractivity contribution in [1.29, 1.82) is 0 Å². The highest BCUT2D eigenvalue weighted by Gasteiger charge is 2.18. The Morgan fingerprint density at radius 2 is 1.88 bits per heavy atom. The Morgan fingerprint density at radius 3 is 2.52 bits per heavy atom. The summed E-state index contributed by atoms with van der Waals surface area (Å²) in [6.07, 6.45) is 5.50. The van der Waals surface area contributed by atoms with Crippen LogP contribution in [0.3, 0.4) is 0 Å². The average molecular weight is 339 g/mol. The van der Waals surface area contributed by atoms with Crippen LogP contribution in [-0.2, 0) is 13.1 Å². The van der Waals surface area contributed by atoms with Gasteiger partial charge in [-0.1, -0.05) is 12.8 Å². The van der Waals surface area contributed by atoms with Gasteiger partial charge in [-0.3, -0.25) is 14.3 Å². The fourth-order valence-electron chi connectivity index (χ4n) is 3.40. The van der Waals surface area contributed by atoms with Gasteiger partial charge in [0, 0.05) is 44.4 Å². The van der Waals surface area contributed by atoms with Crippen molar-refractivity contribution in [1.82, 2.24) is 14.4 Å². The number of hydrogen-bond acceptors (Lipinski definition) is 4. The summed E-state index contributed by atoms with van der Waals surface area (Å²) < 4.78 is 6.96. The lowest BCUT2D eigenvalue weighted by Gasteiger charge is -2.34. The molecule has 1 fully saturated rings. The van der Waals surface area contributed by atoms with E-state index in [-0.39, 0.29) is 12.1 Å². The summed E-state index contributed by atoms with van der Waals surface area (Å²) in [5.74, 6) is 3.32. The van der Waals surface area contributed by atoms with Crippen LogP contribution in [-0.4, -0.2) is 54.2 Å². The molecule has 0 aliphatic carbocycles. The maximum Gasteiger partial charge on any atom is 0.256 e. The van der Waals surface area contributed by atoms with Gasteiger partial charge in [-0.2, -0.15) is 0 Å². The van der Waals surface area contributed by atoms with Gasteiger partial charge in [-0.05, 0) is 30.1 Å². The van der Waals surface area contributed by atoms with Gasteiger partial charge < -0.3 is 9.64 Å². The van der Waals surface area contributed by atoms with E-state index in [1.165, 1.54) is 0 Å². The van der Waals surface area contributed by atoms with Crippen LogP contribution < -0.4 is 10.3 Å². The van der Waals surface area contributed by atoms with E-state index in [4.69, 9.17) is 11.2 Å². The van der Waals surface area contributed by atoms with Crippen molar-refractivity contribution in [2.45, 2.75) is 20.0 Å². The number of likely N-dealkylation sites (N-methyl/N-ethyl adjacent to an activating group) is 1. The third kappa shape index (κ3) is 3.71. The molecule has 0 spiro atoms. The number of nitrogens with zero attached hydrogens (tertiary/aromatic N) is 3. The maximum atomic E-state index is 13.0. The predicted octanol–water partition coefficient (Wildman–Crippen LogP) is 1.78. The SMILES string of the molecule is C#CCn1c(=O)c(CN2CCN(CC)CC2)cc2ccc(OC)cc21. The monoisotopic (exact) mass is 339 g/mol. The van der Waals surface area contributed by atoms with E-state index in [9.17, 15) is 4.79 Å². The molecule has 0 saturated carbocycles. The molecule has 0 amide bonds. The second kappa shape index (κ2) is 7.73. The van der Waals surface area contributed by atoms with Gasteiger partial charge in [0.15, 0.2) is 0 Å². The van der Waals surface area contributed by atoms with E-state index in [1.807, 2.05) is 24.3 Å². The molecule has 2 heterocycles. The molecule has 5 nitrogen and oxygen atoms in total. The zero-order valence-electron chi connectivity index (χ0n) is 15.0. The molecular weight excluding hydrogens is 314 g/mol. The van der Waals surface area contributed by atoms with E-state index >= 15 is 0 Å². The lowest BCUT2D eigenvalue weighted by atomic mass is 10.1. The zero-order chi connectivity index (χ0) is 17.8. The van der Waals surface area contributed by atoms with Gasteiger partial charge in [0.05, 0.1) is 19.2 Å². The average Bonchev–Trinajstić information content (AvgIpc) is 2.65. The smallest absolute Gasteiger partial charge is 0.256 e. The number of methoxy groups -OCH3 is 1. The highest BCUT2D eigenvalue weighted by Crippen LogP contribution is 2.21. The number of aromatic nitrogens is 1. The van der Waals surface area contributed by atoms with Crippen molar-refractivity contribution < 1.29 is 4.74 Å². The minimum Gasteiger partial charge on any atom is -0.497 e. The van der Waals surface area contributed by atoms with Crippen LogP contribution in [0, 0.1) is 12.3 Å². The van der Waals surface area contributed by atoms with Crippen molar-refractivity contribution in [3.63, 3.8) is 0 Å². The summed E-state index contributed by atoms with van der Waals surface area (Å²) in [5, 5.41) is 1.01. The van der Waals surface area contributed by atoms with Crippen molar-refractivity contribution in [3.8, 4) is 18.1 Å². The molecule has 0 radical (unpaired) electrons. The molecule has 25 heavy (non-hydrogen) atoms. The number of ether oxygens (including phenoxy) is 1. The van der Waals surface area contributed by atoms with Crippen LogP contribution in [0.1, 0.15) is 12.5 Å². The highest BCUT2D eigenvalue weighted by molar-refractivity contribution is 5.81. The minimum absolute atomic E-state index is 0.00313. The molecule has 2 aromatic rings. The molecule has 1 aliphatic heterocycles. The number of fused-ring (bicyclic) bond motifs is 1. The third-order valence-corrected chi connectivity index (χ3v) is 4.93. The number of rotatable bonds is 5. The van der Waals surface area contributed by atoms with Crippen LogP contribution in [0.4, 0.5) is 0 Å². The Labute approximate surface area is 148 Å². The molecule has 3 rings (SSSR count). The Kier molecular flexibility index (Phi) is 5.42. The normalized spacial score (nSPS) is 16.0. The number of terminal acetylenes is 1. The van der Waals surface area contributed by atoms with E-state index in [0.29, 0.717) is 6.54 Å². The first-order chi connectivity index (χ1) is 12.2. The van der Waals surface area contributed by atoms with Crippen molar-refractivity contribution in [2.24, 2.45) is 0 Å². The van der Waals surface area contributed by atoms with E-state index in [1.54, 1.807) is 11.7 Å². The lowest BCUT2D eigenvalue weighted by Crippen LogP contribution is -2.46. The molecule has 1 aromatic heterocycles. The topological polar surface area (TPSA) is 37.7 Å². The van der Waals surface area contributed by atoms with Crippen LogP contribution in [0.5, 0.6) is 5.75 Å². The summed E-state index contributed by atoms with van der Waals surface area (Å²) in [7, 11) is 1.62. The third-order valence-electron chi connectivity index (χ3n) is 4.93. The van der Waals surface area contributed by atoms with Gasteiger partial charge in [0.25, 0.3) is 5.56 Å². The molecule has 1 aliphatic rings. The number of benzene rings is 1. The second-order valence-electron chi connectivity index (χ2n) is 6.40. The van der Waals surface area contributed by atoms with E-state index in [2.05, 4.69) is 22.6 Å². The zero-order valence-corrected chi connectivity index (χ0v) is 15.0. The number of pyridine rings is 1. The van der Waals surface area contributed by atoms with Gasteiger partial charge in [-0.25, -0.2) is 0 Å². The molecule has 0 bridgehead atoms. The summed E-state index contributed by atoms with van der Waals surface area (Å²) in [5.41, 5.74) is 1.62. The highest BCUT2D eigenvalue weighted by atomic mass is 16.5. The quantitative estimate of drug-likeness (QED) is 0.779. The van der Waals surface area contributed by atoms with Crippen LogP contribution in [0.2, 0.25) is 0 Å². The van der Waals surface area contributed by atoms with Crippen LogP contribution in [0.15, 0.2) is 29.1 Å². The Balaban J connectivity index is 1.95. The Hall–Kier alpha value is -2.29. The van der Waals surface area contributed by atoms with Crippen molar-refractivity contribution >= 4 is 10.9 Å². The first kappa shape index (κ1) is 17.5. The summed E-state index contributed by atoms with van der Waals surface area (Å²) in [6.45, 7) is 8.29. The molecule has 5 heteroatoms. The minimum atomic E-state index is -0.00313.